The first-order valence-corrected chi connectivity index (χ1v) is 7.03. The molecular formula is C16H22N2O2. The molecule has 1 amide bonds. The number of aryl methyl sites for hydroxylation is 2. The Hall–Kier alpha value is -1.81. The Labute approximate surface area is 119 Å². The van der Waals surface area contributed by atoms with Gasteiger partial charge in [-0.25, -0.2) is 0 Å². The third-order valence-electron chi connectivity index (χ3n) is 3.74. The van der Waals surface area contributed by atoms with Gasteiger partial charge in [0.1, 0.15) is 0 Å². The largest absolute Gasteiger partial charge is 0.396 e. The predicted octanol–water partition coefficient (Wildman–Crippen LogP) is 2.68. The molecule has 0 bridgehead atoms. The Kier molecular flexibility index (Phi) is 4.45. The van der Waals surface area contributed by atoms with Gasteiger partial charge in [0.15, 0.2) is 0 Å². The minimum atomic E-state index is -0.0596. The number of rotatable bonds is 5. The van der Waals surface area contributed by atoms with Crippen molar-refractivity contribution in [3.05, 3.63) is 35.0 Å². The minimum Gasteiger partial charge on any atom is -0.396 e. The lowest BCUT2D eigenvalue weighted by atomic mass is 10.1. The van der Waals surface area contributed by atoms with Crippen molar-refractivity contribution in [2.75, 3.05) is 6.61 Å². The fourth-order valence-electron chi connectivity index (χ4n) is 2.38. The van der Waals surface area contributed by atoms with E-state index in [1.165, 1.54) is 5.56 Å². The van der Waals surface area contributed by atoms with Gasteiger partial charge in [-0.2, -0.15) is 0 Å². The van der Waals surface area contributed by atoms with E-state index in [2.05, 4.69) is 17.2 Å². The Morgan fingerprint density at radius 1 is 1.40 bits per heavy atom. The van der Waals surface area contributed by atoms with Gasteiger partial charge >= 0.3 is 0 Å². The van der Waals surface area contributed by atoms with Crippen molar-refractivity contribution >= 4 is 16.8 Å². The molecule has 0 fully saturated rings. The van der Waals surface area contributed by atoms with E-state index in [1.54, 1.807) is 0 Å². The summed E-state index contributed by atoms with van der Waals surface area (Å²) in [5.41, 5.74) is 4.05. The molecule has 2 aromatic rings. The second-order valence-electron chi connectivity index (χ2n) is 5.38. The van der Waals surface area contributed by atoms with Crippen LogP contribution < -0.4 is 5.32 Å². The number of hydrogen-bond acceptors (Lipinski definition) is 2. The summed E-state index contributed by atoms with van der Waals surface area (Å²) in [6.07, 6.45) is 1.49. The van der Waals surface area contributed by atoms with Crippen LogP contribution in [-0.2, 0) is 0 Å². The zero-order chi connectivity index (χ0) is 14.7. The quantitative estimate of drug-likeness (QED) is 0.785. The van der Waals surface area contributed by atoms with E-state index in [9.17, 15) is 4.79 Å². The molecule has 0 spiro atoms. The summed E-state index contributed by atoms with van der Waals surface area (Å²) < 4.78 is 0. The van der Waals surface area contributed by atoms with Crippen molar-refractivity contribution in [3.8, 4) is 0 Å². The highest BCUT2D eigenvalue weighted by molar-refractivity contribution is 5.99. The molecule has 0 saturated carbocycles. The van der Waals surface area contributed by atoms with Gasteiger partial charge in [0.2, 0.25) is 0 Å². The molecule has 1 aromatic carbocycles. The maximum Gasteiger partial charge on any atom is 0.251 e. The standard InChI is InChI=1S/C16H22N2O2/c1-10(5-4-8-19)17-16(20)13-6-7-15-14(9-13)11(2)12(3)18-15/h6-7,9-10,18-19H,4-5,8H2,1-3H3,(H,17,20). The molecule has 1 unspecified atom stereocenters. The lowest BCUT2D eigenvalue weighted by Gasteiger charge is -2.13. The zero-order valence-electron chi connectivity index (χ0n) is 12.3. The summed E-state index contributed by atoms with van der Waals surface area (Å²) in [6, 6.07) is 5.79. The Morgan fingerprint density at radius 3 is 2.85 bits per heavy atom. The molecule has 1 heterocycles. The molecule has 0 radical (unpaired) electrons. The Balaban J connectivity index is 2.16. The minimum absolute atomic E-state index is 0.0596. The first-order chi connectivity index (χ1) is 9.52. The molecule has 3 N–H and O–H groups in total. The second-order valence-corrected chi connectivity index (χ2v) is 5.38. The summed E-state index contributed by atoms with van der Waals surface area (Å²) >= 11 is 0. The highest BCUT2D eigenvalue weighted by Gasteiger charge is 2.12. The van der Waals surface area contributed by atoms with E-state index in [-0.39, 0.29) is 18.6 Å². The molecule has 1 aromatic heterocycles. The first-order valence-electron chi connectivity index (χ1n) is 7.03. The molecule has 4 nitrogen and oxygen atoms in total. The van der Waals surface area contributed by atoms with Crippen LogP contribution in [0.25, 0.3) is 10.9 Å². The number of hydrogen-bond donors (Lipinski definition) is 3. The van der Waals surface area contributed by atoms with Gasteiger partial charge < -0.3 is 15.4 Å². The molecule has 0 aliphatic heterocycles. The summed E-state index contributed by atoms with van der Waals surface area (Å²) in [5.74, 6) is -0.0596. The van der Waals surface area contributed by atoms with Gasteiger partial charge in [0.05, 0.1) is 0 Å². The van der Waals surface area contributed by atoms with E-state index in [1.807, 2.05) is 32.0 Å². The number of aliphatic hydroxyl groups excluding tert-OH is 1. The lowest BCUT2D eigenvalue weighted by molar-refractivity contribution is 0.0936. The van der Waals surface area contributed by atoms with E-state index in [0.29, 0.717) is 12.0 Å². The summed E-state index contributed by atoms with van der Waals surface area (Å²) in [7, 11) is 0. The van der Waals surface area contributed by atoms with E-state index < -0.39 is 0 Å². The SMILES string of the molecule is Cc1[nH]c2ccc(C(=O)NC(C)CCCO)cc2c1C. The van der Waals surface area contributed by atoms with Gasteiger partial charge in [-0.15, -0.1) is 0 Å². The fraction of sp³-hybridized carbons (Fsp3) is 0.438. The van der Waals surface area contributed by atoms with Crippen LogP contribution in [0.4, 0.5) is 0 Å². The number of amides is 1. The first kappa shape index (κ1) is 14.6. The maximum absolute atomic E-state index is 12.2. The molecule has 0 aliphatic carbocycles. The highest BCUT2D eigenvalue weighted by Crippen LogP contribution is 2.22. The third-order valence-corrected chi connectivity index (χ3v) is 3.74. The van der Waals surface area contributed by atoms with Gasteiger partial charge in [0.25, 0.3) is 5.91 Å². The van der Waals surface area contributed by atoms with Crippen LogP contribution in [0, 0.1) is 13.8 Å². The number of carbonyl (C=O) groups excluding carboxylic acids is 1. The molecule has 4 heteroatoms. The fourth-order valence-corrected chi connectivity index (χ4v) is 2.38. The average molecular weight is 274 g/mol. The Bertz CT molecular complexity index is 616. The second kappa shape index (κ2) is 6.09. The third kappa shape index (κ3) is 3.02. The van der Waals surface area contributed by atoms with E-state index >= 15 is 0 Å². The van der Waals surface area contributed by atoms with Gasteiger partial charge in [-0.1, -0.05) is 0 Å². The van der Waals surface area contributed by atoms with E-state index in [4.69, 9.17) is 5.11 Å². The highest BCUT2D eigenvalue weighted by atomic mass is 16.3. The monoisotopic (exact) mass is 274 g/mol. The topological polar surface area (TPSA) is 65.1 Å². The van der Waals surface area contributed by atoms with Crippen molar-refractivity contribution in [1.29, 1.82) is 0 Å². The zero-order valence-corrected chi connectivity index (χ0v) is 12.3. The number of fused-ring (bicyclic) bond motifs is 1. The van der Waals surface area contributed by atoms with Crippen LogP contribution in [0.15, 0.2) is 18.2 Å². The number of benzene rings is 1. The average Bonchev–Trinajstić information content (AvgIpc) is 2.71. The maximum atomic E-state index is 12.2. The number of aromatic amines is 1. The molecule has 1 atom stereocenters. The number of H-pyrrole nitrogens is 1. The predicted molar refractivity (Wildman–Crippen MR) is 81.0 cm³/mol. The van der Waals surface area contributed by atoms with Gasteiger partial charge in [-0.05, 0) is 57.4 Å². The smallest absolute Gasteiger partial charge is 0.251 e. The molecule has 0 saturated heterocycles. The van der Waals surface area contributed by atoms with Crippen LogP contribution in [0.5, 0.6) is 0 Å². The molecule has 20 heavy (non-hydrogen) atoms. The lowest BCUT2D eigenvalue weighted by Crippen LogP contribution is -2.32. The van der Waals surface area contributed by atoms with Crippen molar-refractivity contribution in [1.82, 2.24) is 10.3 Å². The van der Waals surface area contributed by atoms with Crippen molar-refractivity contribution in [2.24, 2.45) is 0 Å². The van der Waals surface area contributed by atoms with Crippen LogP contribution >= 0.6 is 0 Å². The van der Waals surface area contributed by atoms with Gasteiger partial charge in [-0.3, -0.25) is 4.79 Å². The molecule has 0 aliphatic rings. The number of carbonyl (C=O) groups is 1. The normalized spacial score (nSPS) is 12.6. The van der Waals surface area contributed by atoms with Gasteiger partial charge in [0, 0.05) is 34.8 Å². The van der Waals surface area contributed by atoms with Crippen molar-refractivity contribution < 1.29 is 9.90 Å². The molecular weight excluding hydrogens is 252 g/mol. The summed E-state index contributed by atoms with van der Waals surface area (Å²) in [5, 5.41) is 12.9. The van der Waals surface area contributed by atoms with Crippen LogP contribution in [0.1, 0.15) is 41.4 Å². The van der Waals surface area contributed by atoms with Crippen LogP contribution in [0.3, 0.4) is 0 Å². The number of aliphatic hydroxyl groups is 1. The van der Waals surface area contributed by atoms with Crippen LogP contribution in [-0.4, -0.2) is 28.6 Å². The van der Waals surface area contributed by atoms with E-state index in [0.717, 1.165) is 23.0 Å². The molecule has 108 valence electrons. The number of aromatic nitrogens is 1. The van der Waals surface area contributed by atoms with Crippen molar-refractivity contribution in [3.63, 3.8) is 0 Å². The van der Waals surface area contributed by atoms with Crippen molar-refractivity contribution in [2.45, 2.75) is 39.7 Å². The molecule has 2 rings (SSSR count). The summed E-state index contributed by atoms with van der Waals surface area (Å²) in [4.78, 5) is 15.5. The van der Waals surface area contributed by atoms with Crippen LogP contribution in [0.2, 0.25) is 0 Å². The Morgan fingerprint density at radius 2 is 2.15 bits per heavy atom. The summed E-state index contributed by atoms with van der Waals surface area (Å²) in [6.45, 7) is 6.21. The number of nitrogens with one attached hydrogen (secondary N) is 2.